The van der Waals surface area contributed by atoms with Crippen molar-refractivity contribution in [2.75, 3.05) is 18.8 Å². The Kier molecular flexibility index (Phi) is 6.20. The molecule has 2 saturated heterocycles. The molecular formula is C21H23N7O5S. The fourth-order valence-electron chi connectivity index (χ4n) is 4.71. The normalized spacial score (nSPS) is 22.9. The lowest BCUT2D eigenvalue weighted by atomic mass is 9.80. The average molecular weight is 486 g/mol. The molecule has 0 spiro atoms. The number of ether oxygens (including phenoxy) is 1. The molecule has 0 bridgehead atoms. The molecule has 4 heterocycles. The van der Waals surface area contributed by atoms with Gasteiger partial charge in [0, 0.05) is 23.8 Å². The van der Waals surface area contributed by atoms with Gasteiger partial charge in [-0.05, 0) is 35.4 Å². The molecule has 2 amide bonds. The van der Waals surface area contributed by atoms with Crippen LogP contribution in [0.2, 0.25) is 0 Å². The number of tetrazole rings is 1. The van der Waals surface area contributed by atoms with E-state index in [0.717, 1.165) is 24.0 Å². The minimum absolute atomic E-state index is 0.0106. The number of hydrogen-bond acceptors (Lipinski definition) is 9. The fourth-order valence-corrected chi connectivity index (χ4v) is 5.68. The van der Waals surface area contributed by atoms with Crippen molar-refractivity contribution in [3.05, 3.63) is 47.4 Å². The van der Waals surface area contributed by atoms with Crippen LogP contribution in [0.4, 0.5) is 4.79 Å². The zero-order chi connectivity index (χ0) is 23.7. The van der Waals surface area contributed by atoms with E-state index in [1.54, 1.807) is 0 Å². The summed E-state index contributed by atoms with van der Waals surface area (Å²) in [5.41, 5.74) is 1.88. The lowest BCUT2D eigenvalue weighted by molar-refractivity contribution is -0.152. The van der Waals surface area contributed by atoms with Gasteiger partial charge in [-0.15, -0.1) is 5.10 Å². The number of carboxylic acid groups (broad SMARTS) is 1. The van der Waals surface area contributed by atoms with Crippen LogP contribution in [-0.2, 0) is 27.3 Å². The third-order valence-corrected chi connectivity index (χ3v) is 7.23. The number of β-lactam (4-membered cyclic amide) rings is 1. The molecule has 0 aliphatic carbocycles. The van der Waals surface area contributed by atoms with E-state index in [1.165, 1.54) is 21.3 Å². The molecule has 178 valence electrons. The van der Waals surface area contributed by atoms with E-state index >= 15 is 0 Å². The predicted molar refractivity (Wildman–Crippen MR) is 118 cm³/mol. The average Bonchev–Trinajstić information content (AvgIpc) is 3.38. The topological polar surface area (TPSA) is 152 Å². The van der Waals surface area contributed by atoms with E-state index in [2.05, 4.69) is 26.2 Å². The van der Waals surface area contributed by atoms with Gasteiger partial charge < -0.3 is 20.5 Å². The zero-order valence-electron chi connectivity index (χ0n) is 18.1. The second-order valence-corrected chi connectivity index (χ2v) is 9.16. The summed E-state index contributed by atoms with van der Waals surface area (Å²) in [5, 5.41) is 27.3. The molecule has 1 unspecified atom stereocenters. The molecular weight excluding hydrogens is 462 g/mol. The molecule has 34 heavy (non-hydrogen) atoms. The van der Waals surface area contributed by atoms with Crippen LogP contribution in [0.1, 0.15) is 12.0 Å². The highest BCUT2D eigenvalue weighted by molar-refractivity contribution is 7.99. The summed E-state index contributed by atoms with van der Waals surface area (Å²) in [7, 11) is 0. The molecule has 5 rings (SSSR count). The molecule has 1 aromatic heterocycles. The van der Waals surface area contributed by atoms with Crippen molar-refractivity contribution in [3.8, 4) is 0 Å². The monoisotopic (exact) mass is 485 g/mol. The molecule has 1 aromatic carbocycles. The first-order valence-corrected chi connectivity index (χ1v) is 11.9. The van der Waals surface area contributed by atoms with E-state index < -0.39 is 6.16 Å². The number of carbonyl (C=O) groups is 3. The van der Waals surface area contributed by atoms with Gasteiger partial charge >= 0.3 is 6.16 Å². The number of nitrogens with one attached hydrogen (secondary N) is 2. The standard InChI is InChI=1S/C21H23N7O5S/c29-15(22-8-6-12-4-2-1-3-5-12)10-27-20(24-25-26-27)34-11-14-13-7-9-23-16-17(13)28(18(16)30)19(14)33-21(31)32/h1-5,13,16-17,23H,6-11H2,(H,22,29)(H,31,32)/t13?,16-,17+/m0/s1. The highest BCUT2D eigenvalue weighted by Gasteiger charge is 2.60. The Morgan fingerprint density at radius 3 is 2.91 bits per heavy atom. The summed E-state index contributed by atoms with van der Waals surface area (Å²) in [4.78, 5) is 37.5. The zero-order valence-corrected chi connectivity index (χ0v) is 18.9. The Morgan fingerprint density at radius 1 is 1.29 bits per heavy atom. The summed E-state index contributed by atoms with van der Waals surface area (Å²) in [6.07, 6.45) is 0.0253. The Labute approximate surface area is 198 Å². The maximum atomic E-state index is 12.4. The maximum absolute atomic E-state index is 12.4. The predicted octanol–water partition coefficient (Wildman–Crippen LogP) is 0.233. The van der Waals surface area contributed by atoms with E-state index in [4.69, 9.17) is 4.74 Å². The molecule has 3 atom stereocenters. The number of piperidine rings is 1. The van der Waals surface area contributed by atoms with E-state index in [1.807, 2.05) is 30.3 Å². The summed E-state index contributed by atoms with van der Waals surface area (Å²) in [5.74, 6) is 0.0593. The second-order valence-electron chi connectivity index (χ2n) is 8.22. The van der Waals surface area contributed by atoms with E-state index in [0.29, 0.717) is 24.0 Å². The van der Waals surface area contributed by atoms with Gasteiger partial charge in [0.15, 0.2) is 0 Å². The Bertz CT molecular complexity index is 1140. The number of thioether (sulfide) groups is 1. The van der Waals surface area contributed by atoms with Crippen molar-refractivity contribution >= 4 is 29.7 Å². The number of rotatable bonds is 9. The first-order chi connectivity index (χ1) is 16.5. The van der Waals surface area contributed by atoms with Crippen LogP contribution in [0, 0.1) is 5.92 Å². The molecule has 2 fully saturated rings. The van der Waals surface area contributed by atoms with Crippen molar-refractivity contribution in [2.24, 2.45) is 5.92 Å². The number of benzene rings is 1. The molecule has 0 saturated carbocycles. The number of aromatic nitrogens is 4. The quantitative estimate of drug-likeness (QED) is 0.256. The number of hydrogen-bond donors (Lipinski definition) is 3. The highest BCUT2D eigenvalue weighted by atomic mass is 32.2. The van der Waals surface area contributed by atoms with Crippen LogP contribution in [0.3, 0.4) is 0 Å². The molecule has 0 radical (unpaired) electrons. The minimum atomic E-state index is -1.46. The van der Waals surface area contributed by atoms with Gasteiger partial charge in [0.05, 0.1) is 6.04 Å². The minimum Gasteiger partial charge on any atom is -0.449 e. The third kappa shape index (κ3) is 4.23. The third-order valence-electron chi connectivity index (χ3n) is 6.23. The summed E-state index contributed by atoms with van der Waals surface area (Å²) >= 11 is 1.28. The van der Waals surface area contributed by atoms with Gasteiger partial charge in [0.25, 0.3) is 0 Å². The number of amides is 2. The van der Waals surface area contributed by atoms with Gasteiger partial charge in [0.2, 0.25) is 22.9 Å². The van der Waals surface area contributed by atoms with Gasteiger partial charge in [0.1, 0.15) is 12.6 Å². The lowest BCUT2D eigenvalue weighted by Gasteiger charge is -2.48. The Morgan fingerprint density at radius 2 is 2.12 bits per heavy atom. The van der Waals surface area contributed by atoms with Crippen LogP contribution in [0.15, 0.2) is 46.9 Å². The van der Waals surface area contributed by atoms with E-state index in [-0.39, 0.29) is 42.2 Å². The molecule has 2 aromatic rings. The van der Waals surface area contributed by atoms with Crippen molar-refractivity contribution < 1.29 is 24.2 Å². The van der Waals surface area contributed by atoms with Gasteiger partial charge in [-0.3, -0.25) is 14.5 Å². The number of nitrogens with zero attached hydrogens (tertiary/aromatic N) is 5. The molecule has 3 N–H and O–H groups in total. The Balaban J connectivity index is 1.21. The van der Waals surface area contributed by atoms with E-state index in [9.17, 15) is 19.5 Å². The maximum Gasteiger partial charge on any atom is 0.512 e. The summed E-state index contributed by atoms with van der Waals surface area (Å²) in [6, 6.07) is 9.43. The lowest BCUT2D eigenvalue weighted by Crippen LogP contribution is -2.71. The van der Waals surface area contributed by atoms with Gasteiger partial charge in [-0.2, -0.15) is 0 Å². The van der Waals surface area contributed by atoms with Crippen molar-refractivity contribution in [1.82, 2.24) is 35.7 Å². The molecule has 3 aliphatic rings. The van der Waals surface area contributed by atoms with Crippen LogP contribution in [-0.4, -0.2) is 79.1 Å². The van der Waals surface area contributed by atoms with Crippen molar-refractivity contribution in [1.29, 1.82) is 0 Å². The van der Waals surface area contributed by atoms with Crippen molar-refractivity contribution in [3.63, 3.8) is 0 Å². The van der Waals surface area contributed by atoms with Gasteiger partial charge in [-0.25, -0.2) is 9.48 Å². The molecule has 12 nitrogen and oxygen atoms in total. The van der Waals surface area contributed by atoms with Crippen LogP contribution < -0.4 is 10.6 Å². The first kappa shape index (κ1) is 22.3. The van der Waals surface area contributed by atoms with Crippen LogP contribution in [0.5, 0.6) is 0 Å². The molecule has 13 heteroatoms. The SMILES string of the molecule is O=C(Cn1nnnc1SCC1=C(OC(=O)O)N2C(=O)[C@H]3NCCC1[C@H]32)NCCc1ccccc1. The first-order valence-electron chi connectivity index (χ1n) is 10.9. The van der Waals surface area contributed by atoms with Gasteiger partial charge in [-0.1, -0.05) is 42.1 Å². The largest absolute Gasteiger partial charge is 0.512 e. The fraction of sp³-hybridized carbons (Fsp3) is 0.429. The summed E-state index contributed by atoms with van der Waals surface area (Å²) < 4.78 is 6.42. The molecule has 3 aliphatic heterocycles. The van der Waals surface area contributed by atoms with Crippen LogP contribution >= 0.6 is 11.8 Å². The Hall–Kier alpha value is -3.45. The van der Waals surface area contributed by atoms with Crippen molar-refractivity contribution in [2.45, 2.75) is 36.6 Å². The summed E-state index contributed by atoms with van der Waals surface area (Å²) in [6.45, 7) is 1.13. The number of carbonyl (C=O) groups excluding carboxylic acids is 2. The second kappa shape index (κ2) is 9.43. The smallest absolute Gasteiger partial charge is 0.449 e. The van der Waals surface area contributed by atoms with Crippen LogP contribution in [0.25, 0.3) is 0 Å². The highest BCUT2D eigenvalue weighted by Crippen LogP contribution is 2.47.